The molecule has 2 aliphatic rings. The van der Waals surface area contributed by atoms with E-state index in [-0.39, 0.29) is 5.12 Å². The minimum absolute atomic E-state index is 0.00225. The highest BCUT2D eigenvalue weighted by Crippen LogP contribution is 2.42. The Labute approximate surface area is 148 Å². The van der Waals surface area contributed by atoms with Crippen molar-refractivity contribution in [2.45, 2.75) is 50.7 Å². The number of carbonyl (C=O) groups excluding carboxylic acids is 2. The third kappa shape index (κ3) is 3.59. The lowest BCUT2D eigenvalue weighted by atomic mass is 9.85. The maximum Gasteiger partial charge on any atom is 0.220 e. The van der Waals surface area contributed by atoms with Crippen LogP contribution >= 0.6 is 11.8 Å². The van der Waals surface area contributed by atoms with Crippen LogP contribution in [0.15, 0.2) is 35.4 Å². The van der Waals surface area contributed by atoms with E-state index < -0.39 is 4.75 Å². The van der Waals surface area contributed by atoms with Gasteiger partial charge in [0, 0.05) is 24.3 Å². The summed E-state index contributed by atoms with van der Waals surface area (Å²) in [5, 5.41) is 0.00225. The average Bonchev–Trinajstić information content (AvgIpc) is 3.13. The standard InChI is InChI=1S/C20H25NO2S/c1-15-9-10-20(14-22,13-16(15)2)24-19(23)17-5-7-18(8-6-17)21-11-3-4-12-21/h5-8,14H,3-4,9-13H2,1-2H3/t20-/m0/s1. The van der Waals surface area contributed by atoms with E-state index >= 15 is 0 Å². The van der Waals surface area contributed by atoms with Crippen LogP contribution in [0.25, 0.3) is 0 Å². The maximum absolute atomic E-state index is 12.7. The molecule has 24 heavy (non-hydrogen) atoms. The molecule has 1 aliphatic heterocycles. The first kappa shape index (κ1) is 17.3. The van der Waals surface area contributed by atoms with E-state index in [0.29, 0.717) is 12.0 Å². The number of rotatable bonds is 4. The topological polar surface area (TPSA) is 37.4 Å². The first-order valence-corrected chi connectivity index (χ1v) is 9.54. The number of hydrogen-bond acceptors (Lipinski definition) is 4. The number of carbonyl (C=O) groups is 2. The molecule has 0 aromatic heterocycles. The molecule has 0 unspecified atom stereocenters. The van der Waals surface area contributed by atoms with Crippen LogP contribution in [0.5, 0.6) is 0 Å². The van der Waals surface area contributed by atoms with E-state index in [4.69, 9.17) is 0 Å². The fourth-order valence-electron chi connectivity index (χ4n) is 3.54. The molecule has 3 nitrogen and oxygen atoms in total. The lowest BCUT2D eigenvalue weighted by Crippen LogP contribution is -2.32. The highest BCUT2D eigenvalue weighted by atomic mass is 32.2. The van der Waals surface area contributed by atoms with Gasteiger partial charge in [-0.2, -0.15) is 0 Å². The normalized spacial score (nSPS) is 24.3. The van der Waals surface area contributed by atoms with Crippen LogP contribution in [0.3, 0.4) is 0 Å². The summed E-state index contributed by atoms with van der Waals surface area (Å²) in [4.78, 5) is 26.8. The van der Waals surface area contributed by atoms with Crippen molar-refractivity contribution in [1.29, 1.82) is 0 Å². The second kappa shape index (κ2) is 7.14. The number of hydrogen-bond donors (Lipinski definition) is 0. The van der Waals surface area contributed by atoms with Gasteiger partial charge >= 0.3 is 0 Å². The highest BCUT2D eigenvalue weighted by Gasteiger charge is 2.36. The first-order valence-electron chi connectivity index (χ1n) is 8.73. The third-order valence-electron chi connectivity index (χ3n) is 5.30. The predicted octanol–water partition coefficient (Wildman–Crippen LogP) is 4.62. The predicted molar refractivity (Wildman–Crippen MR) is 101 cm³/mol. The molecule has 1 fully saturated rings. The molecule has 3 rings (SSSR count). The molecule has 128 valence electrons. The number of allylic oxidation sites excluding steroid dienone is 2. The second-order valence-electron chi connectivity index (χ2n) is 7.05. The van der Waals surface area contributed by atoms with Crippen LogP contribution < -0.4 is 4.90 Å². The third-order valence-corrected chi connectivity index (χ3v) is 6.57. The van der Waals surface area contributed by atoms with Gasteiger partial charge in [0.15, 0.2) is 0 Å². The van der Waals surface area contributed by atoms with Crippen molar-refractivity contribution in [2.24, 2.45) is 0 Å². The minimum atomic E-state index is -0.589. The Morgan fingerprint density at radius 2 is 1.79 bits per heavy atom. The molecule has 0 radical (unpaired) electrons. The van der Waals surface area contributed by atoms with Gasteiger partial charge in [-0.3, -0.25) is 4.79 Å². The molecule has 1 aliphatic carbocycles. The van der Waals surface area contributed by atoms with Gasteiger partial charge in [-0.05, 0) is 70.2 Å². The Balaban J connectivity index is 1.71. The summed E-state index contributed by atoms with van der Waals surface area (Å²) < 4.78 is -0.589. The molecule has 0 spiro atoms. The molecule has 1 saturated heterocycles. The van der Waals surface area contributed by atoms with Crippen molar-refractivity contribution in [1.82, 2.24) is 0 Å². The van der Waals surface area contributed by atoms with Gasteiger partial charge in [0.25, 0.3) is 0 Å². The highest BCUT2D eigenvalue weighted by molar-refractivity contribution is 8.15. The summed E-state index contributed by atoms with van der Waals surface area (Å²) in [6, 6.07) is 7.86. The van der Waals surface area contributed by atoms with Crippen molar-refractivity contribution < 1.29 is 9.59 Å². The van der Waals surface area contributed by atoms with Crippen LogP contribution in [0, 0.1) is 0 Å². The van der Waals surface area contributed by atoms with E-state index in [9.17, 15) is 9.59 Å². The molecular weight excluding hydrogens is 318 g/mol. The molecule has 1 aromatic rings. The van der Waals surface area contributed by atoms with Crippen LogP contribution in [0.1, 0.15) is 56.3 Å². The lowest BCUT2D eigenvalue weighted by molar-refractivity contribution is -0.110. The van der Waals surface area contributed by atoms with Gasteiger partial charge in [-0.15, -0.1) is 0 Å². The van der Waals surface area contributed by atoms with E-state index in [0.717, 1.165) is 32.2 Å². The fraction of sp³-hybridized carbons (Fsp3) is 0.500. The molecular formula is C20H25NO2S. The quantitative estimate of drug-likeness (QED) is 0.590. The second-order valence-corrected chi connectivity index (χ2v) is 8.44. The summed E-state index contributed by atoms with van der Waals surface area (Å²) in [5.74, 6) is 0. The molecule has 1 aromatic carbocycles. The molecule has 0 N–H and O–H groups in total. The lowest BCUT2D eigenvalue weighted by Gasteiger charge is -2.32. The molecule has 0 saturated carbocycles. The molecule has 1 atom stereocenters. The van der Waals surface area contributed by atoms with Gasteiger partial charge < -0.3 is 9.69 Å². The molecule has 0 bridgehead atoms. The monoisotopic (exact) mass is 343 g/mol. The fourth-order valence-corrected chi connectivity index (χ4v) is 4.70. The number of thioether (sulfide) groups is 1. The van der Waals surface area contributed by atoms with Gasteiger partial charge in [-0.25, -0.2) is 0 Å². The van der Waals surface area contributed by atoms with Crippen molar-refractivity contribution in [3.8, 4) is 0 Å². The van der Waals surface area contributed by atoms with Crippen molar-refractivity contribution in [3.63, 3.8) is 0 Å². The van der Waals surface area contributed by atoms with Crippen LogP contribution in [-0.2, 0) is 4.79 Å². The smallest absolute Gasteiger partial charge is 0.220 e. The van der Waals surface area contributed by atoms with Crippen LogP contribution in [0.2, 0.25) is 0 Å². The van der Waals surface area contributed by atoms with Gasteiger partial charge in [-0.1, -0.05) is 22.9 Å². The largest absolute Gasteiger partial charge is 0.372 e. The number of anilines is 1. The number of nitrogens with zero attached hydrogens (tertiary/aromatic N) is 1. The zero-order valence-electron chi connectivity index (χ0n) is 14.5. The summed E-state index contributed by atoms with van der Waals surface area (Å²) in [6.45, 7) is 6.39. The number of aldehydes is 1. The molecule has 0 amide bonds. The van der Waals surface area contributed by atoms with Crippen LogP contribution in [-0.4, -0.2) is 29.2 Å². The Morgan fingerprint density at radius 3 is 2.38 bits per heavy atom. The van der Waals surface area contributed by atoms with Gasteiger partial charge in [0.1, 0.15) is 6.29 Å². The molecule has 4 heteroatoms. The first-order chi connectivity index (χ1) is 11.5. The van der Waals surface area contributed by atoms with Crippen molar-refractivity contribution in [2.75, 3.05) is 18.0 Å². The summed E-state index contributed by atoms with van der Waals surface area (Å²) in [5.41, 5.74) is 4.48. The molecule has 1 heterocycles. The van der Waals surface area contributed by atoms with E-state index in [1.807, 2.05) is 24.3 Å². The summed E-state index contributed by atoms with van der Waals surface area (Å²) in [6.07, 6.45) is 5.81. The summed E-state index contributed by atoms with van der Waals surface area (Å²) in [7, 11) is 0. The van der Waals surface area contributed by atoms with Crippen molar-refractivity contribution >= 4 is 28.9 Å². The maximum atomic E-state index is 12.7. The zero-order chi connectivity index (χ0) is 17.2. The minimum Gasteiger partial charge on any atom is -0.372 e. The van der Waals surface area contributed by atoms with Gasteiger partial charge in [0.05, 0.1) is 4.75 Å². The average molecular weight is 343 g/mol. The van der Waals surface area contributed by atoms with Gasteiger partial charge in [0.2, 0.25) is 5.12 Å². The zero-order valence-corrected chi connectivity index (χ0v) is 15.3. The Hall–Kier alpha value is -1.55. The summed E-state index contributed by atoms with van der Waals surface area (Å²) >= 11 is 1.21. The Bertz CT molecular complexity index is 659. The van der Waals surface area contributed by atoms with Crippen molar-refractivity contribution in [3.05, 3.63) is 41.0 Å². The van der Waals surface area contributed by atoms with E-state index in [1.165, 1.54) is 41.4 Å². The SMILES string of the molecule is CC1=C(C)C[C@@](C=O)(SC(=O)c2ccc(N3CCCC3)cc2)CC1. The van der Waals surface area contributed by atoms with E-state index in [1.54, 1.807) is 0 Å². The Kier molecular flexibility index (Phi) is 5.14. The van der Waals surface area contributed by atoms with Crippen LogP contribution in [0.4, 0.5) is 5.69 Å². The Morgan fingerprint density at radius 1 is 1.12 bits per heavy atom. The number of benzene rings is 1. The van der Waals surface area contributed by atoms with E-state index in [2.05, 4.69) is 18.7 Å².